The normalized spacial score (nSPS) is 11.2. The average molecular weight is 397 g/mol. The summed E-state index contributed by atoms with van der Waals surface area (Å²) in [5.41, 5.74) is 1.30. The lowest BCUT2D eigenvalue weighted by Gasteiger charge is -2.21. The van der Waals surface area contributed by atoms with E-state index < -0.39 is 28.3 Å². The minimum absolute atomic E-state index is 0.122. The van der Waals surface area contributed by atoms with Crippen molar-refractivity contribution in [2.45, 2.75) is 11.8 Å². The van der Waals surface area contributed by atoms with Gasteiger partial charge in [0.25, 0.3) is 0 Å². The number of anilines is 1. The van der Waals surface area contributed by atoms with Crippen LogP contribution in [-0.4, -0.2) is 39.4 Å². The van der Waals surface area contributed by atoms with Crippen molar-refractivity contribution in [2.24, 2.45) is 0 Å². The van der Waals surface area contributed by atoms with Gasteiger partial charge < -0.3 is 5.32 Å². The second kappa shape index (κ2) is 9.05. The molecule has 0 aliphatic heterocycles. The predicted octanol–water partition coefficient (Wildman–Crippen LogP) is 2.81. The van der Waals surface area contributed by atoms with Crippen molar-refractivity contribution in [1.82, 2.24) is 5.32 Å². The van der Waals surface area contributed by atoms with Crippen LogP contribution in [0.1, 0.15) is 5.56 Å². The highest BCUT2D eigenvalue weighted by Gasteiger charge is 2.21. The van der Waals surface area contributed by atoms with Crippen LogP contribution in [0, 0.1) is 12.7 Å². The lowest BCUT2D eigenvalue weighted by molar-refractivity contribution is -0.119. The van der Waals surface area contributed by atoms with Gasteiger partial charge in [-0.2, -0.15) is 0 Å². The maximum absolute atomic E-state index is 13.4. The third kappa shape index (κ3) is 6.34. The third-order valence-electron chi connectivity index (χ3n) is 3.50. The largest absolute Gasteiger partial charge is 0.354 e. The van der Waals surface area contributed by atoms with Crippen molar-refractivity contribution < 1.29 is 17.6 Å². The fourth-order valence-electron chi connectivity index (χ4n) is 2.21. The van der Waals surface area contributed by atoms with Gasteiger partial charge in [-0.15, -0.1) is 11.8 Å². The summed E-state index contributed by atoms with van der Waals surface area (Å²) in [7, 11) is -3.71. The molecule has 0 atom stereocenters. The van der Waals surface area contributed by atoms with Crippen molar-refractivity contribution in [3.63, 3.8) is 0 Å². The first-order chi connectivity index (χ1) is 12.3. The zero-order valence-corrected chi connectivity index (χ0v) is 16.2. The summed E-state index contributed by atoms with van der Waals surface area (Å²) in [6, 6.07) is 13.2. The number of halogens is 1. The summed E-state index contributed by atoms with van der Waals surface area (Å²) in [4.78, 5) is 13.2. The standard InChI is InChI=1S/C18H21FN2O3S2/c1-14-6-8-17(9-7-14)25-11-10-20-18(22)13-21(26(2,23)24)16-5-3-4-15(19)12-16/h3-9,12H,10-11,13H2,1-2H3,(H,20,22). The highest BCUT2D eigenvalue weighted by Crippen LogP contribution is 2.19. The molecule has 0 aliphatic rings. The van der Waals surface area contributed by atoms with E-state index in [0.717, 1.165) is 21.5 Å². The van der Waals surface area contributed by atoms with E-state index in [1.807, 2.05) is 31.2 Å². The summed E-state index contributed by atoms with van der Waals surface area (Å²) >= 11 is 1.60. The Morgan fingerprint density at radius 3 is 2.50 bits per heavy atom. The topological polar surface area (TPSA) is 66.5 Å². The first-order valence-corrected chi connectivity index (χ1v) is 10.8. The summed E-state index contributed by atoms with van der Waals surface area (Å²) in [5, 5.41) is 2.69. The number of carbonyl (C=O) groups is 1. The van der Waals surface area contributed by atoms with Gasteiger partial charge in [0.1, 0.15) is 12.4 Å². The monoisotopic (exact) mass is 396 g/mol. The number of amides is 1. The number of hydrogen-bond donors (Lipinski definition) is 1. The number of aryl methyl sites for hydroxylation is 1. The molecule has 0 aliphatic carbocycles. The molecule has 0 spiro atoms. The second-order valence-electron chi connectivity index (χ2n) is 5.76. The Morgan fingerprint density at radius 2 is 1.88 bits per heavy atom. The van der Waals surface area contributed by atoms with Gasteiger partial charge in [0.05, 0.1) is 11.9 Å². The molecule has 2 aromatic carbocycles. The highest BCUT2D eigenvalue weighted by molar-refractivity contribution is 7.99. The van der Waals surface area contributed by atoms with Crippen LogP contribution in [0.2, 0.25) is 0 Å². The van der Waals surface area contributed by atoms with Gasteiger partial charge in [0.15, 0.2) is 0 Å². The molecular formula is C18H21FN2O3S2. The Labute approximate surface area is 157 Å². The van der Waals surface area contributed by atoms with Crippen LogP contribution in [0.5, 0.6) is 0 Å². The van der Waals surface area contributed by atoms with Crippen LogP contribution in [0.3, 0.4) is 0 Å². The summed E-state index contributed by atoms with van der Waals surface area (Å²) in [6.45, 7) is 2.02. The quantitative estimate of drug-likeness (QED) is 0.550. The molecule has 0 radical (unpaired) electrons. The molecule has 5 nitrogen and oxygen atoms in total. The van der Waals surface area contributed by atoms with Crippen LogP contribution in [-0.2, 0) is 14.8 Å². The number of carbonyl (C=O) groups excluding carboxylic acids is 1. The molecule has 0 unspecified atom stereocenters. The Bertz CT molecular complexity index is 855. The summed E-state index contributed by atoms with van der Waals surface area (Å²) < 4.78 is 38.1. The second-order valence-corrected chi connectivity index (χ2v) is 8.84. The Morgan fingerprint density at radius 1 is 1.19 bits per heavy atom. The van der Waals surface area contributed by atoms with Gasteiger partial charge in [0, 0.05) is 17.2 Å². The van der Waals surface area contributed by atoms with Gasteiger partial charge in [-0.05, 0) is 37.3 Å². The number of rotatable bonds is 8. The number of hydrogen-bond acceptors (Lipinski definition) is 4. The van der Waals surface area contributed by atoms with E-state index in [0.29, 0.717) is 12.3 Å². The Balaban J connectivity index is 1.88. The van der Waals surface area contributed by atoms with Gasteiger partial charge >= 0.3 is 0 Å². The number of thioether (sulfide) groups is 1. The minimum atomic E-state index is -3.71. The van der Waals surface area contributed by atoms with Crippen molar-refractivity contribution in [3.8, 4) is 0 Å². The van der Waals surface area contributed by atoms with Crippen molar-refractivity contribution in [1.29, 1.82) is 0 Å². The van der Waals surface area contributed by atoms with E-state index in [9.17, 15) is 17.6 Å². The summed E-state index contributed by atoms with van der Waals surface area (Å²) in [6.07, 6.45) is 0.985. The molecule has 0 aromatic heterocycles. The van der Waals surface area contributed by atoms with Crippen molar-refractivity contribution in [2.75, 3.05) is 29.4 Å². The third-order valence-corrected chi connectivity index (χ3v) is 5.65. The minimum Gasteiger partial charge on any atom is -0.354 e. The highest BCUT2D eigenvalue weighted by atomic mass is 32.2. The van der Waals surface area contributed by atoms with Crippen LogP contribution in [0.4, 0.5) is 10.1 Å². The van der Waals surface area contributed by atoms with Crippen LogP contribution < -0.4 is 9.62 Å². The van der Waals surface area contributed by atoms with Gasteiger partial charge in [-0.3, -0.25) is 9.10 Å². The fraction of sp³-hybridized carbons (Fsp3) is 0.278. The van der Waals surface area contributed by atoms with Gasteiger partial charge in [-0.1, -0.05) is 23.8 Å². The molecule has 2 aromatic rings. The predicted molar refractivity (Wildman–Crippen MR) is 104 cm³/mol. The first-order valence-electron chi connectivity index (χ1n) is 7.95. The molecule has 140 valence electrons. The molecule has 0 saturated heterocycles. The molecule has 2 rings (SSSR count). The van der Waals surface area contributed by atoms with E-state index in [-0.39, 0.29) is 5.69 Å². The molecule has 8 heteroatoms. The Hall–Kier alpha value is -2.06. The van der Waals surface area contributed by atoms with Crippen LogP contribution in [0.15, 0.2) is 53.4 Å². The zero-order chi connectivity index (χ0) is 19.2. The van der Waals surface area contributed by atoms with E-state index in [1.54, 1.807) is 11.8 Å². The van der Waals surface area contributed by atoms with Crippen LogP contribution in [0.25, 0.3) is 0 Å². The number of benzene rings is 2. The maximum Gasteiger partial charge on any atom is 0.240 e. The molecule has 0 fully saturated rings. The van der Waals surface area contributed by atoms with Gasteiger partial charge in [-0.25, -0.2) is 12.8 Å². The van der Waals surface area contributed by atoms with Crippen molar-refractivity contribution in [3.05, 3.63) is 59.9 Å². The lowest BCUT2D eigenvalue weighted by atomic mass is 10.2. The molecule has 0 heterocycles. The number of sulfonamides is 1. The van der Waals surface area contributed by atoms with E-state index in [4.69, 9.17) is 0 Å². The zero-order valence-electron chi connectivity index (χ0n) is 14.6. The number of nitrogens with one attached hydrogen (secondary N) is 1. The fourth-order valence-corrected chi connectivity index (χ4v) is 3.83. The molecule has 1 amide bonds. The first kappa shape index (κ1) is 20.3. The molecule has 26 heavy (non-hydrogen) atoms. The van der Waals surface area contributed by atoms with Crippen LogP contribution >= 0.6 is 11.8 Å². The lowest BCUT2D eigenvalue weighted by Crippen LogP contribution is -2.41. The molecule has 0 saturated carbocycles. The molecular weight excluding hydrogens is 375 g/mol. The van der Waals surface area contributed by atoms with E-state index in [1.165, 1.54) is 23.8 Å². The molecule has 0 bridgehead atoms. The van der Waals surface area contributed by atoms with E-state index >= 15 is 0 Å². The number of nitrogens with zero attached hydrogens (tertiary/aromatic N) is 1. The van der Waals surface area contributed by atoms with Gasteiger partial charge in [0.2, 0.25) is 15.9 Å². The Kier molecular flexibility index (Phi) is 7.05. The maximum atomic E-state index is 13.4. The smallest absolute Gasteiger partial charge is 0.240 e. The molecule has 1 N–H and O–H groups in total. The summed E-state index contributed by atoms with van der Waals surface area (Å²) in [5.74, 6) is -0.344. The SMILES string of the molecule is Cc1ccc(SCCNC(=O)CN(c2cccc(F)c2)S(C)(=O)=O)cc1. The van der Waals surface area contributed by atoms with Crippen molar-refractivity contribution >= 4 is 33.4 Å². The average Bonchev–Trinajstić information content (AvgIpc) is 2.57. The van der Waals surface area contributed by atoms with E-state index in [2.05, 4.69) is 5.32 Å².